The van der Waals surface area contributed by atoms with Crippen molar-refractivity contribution in [2.24, 2.45) is 0 Å². The molecule has 0 unspecified atom stereocenters. The molecule has 2 rings (SSSR count). The molecule has 3 heteroatoms. The average Bonchev–Trinajstić information content (AvgIpc) is 2.40. The molecule has 2 aromatic rings. The fourth-order valence-electron chi connectivity index (χ4n) is 2.07. The van der Waals surface area contributed by atoms with Gasteiger partial charge in [0.2, 0.25) is 0 Å². The van der Waals surface area contributed by atoms with Crippen LogP contribution < -0.4 is 5.32 Å². The normalized spacial score (nSPS) is 10.7. The van der Waals surface area contributed by atoms with E-state index in [1.54, 1.807) is 6.07 Å². The zero-order valence-corrected chi connectivity index (χ0v) is 12.7. The van der Waals surface area contributed by atoms with E-state index in [2.05, 4.69) is 40.3 Å². The lowest BCUT2D eigenvalue weighted by Crippen LogP contribution is -2.12. The first-order valence-corrected chi connectivity index (χ1v) is 7.17. The lowest BCUT2D eigenvalue weighted by atomic mass is 9.97. The fraction of sp³-hybridized carbons (Fsp3) is 0.250. The van der Waals surface area contributed by atoms with Crippen molar-refractivity contribution >= 4 is 15.9 Å². The van der Waals surface area contributed by atoms with Crippen molar-refractivity contribution in [2.75, 3.05) is 6.54 Å². The number of hydrogen-bond acceptors (Lipinski definition) is 1. The lowest BCUT2D eigenvalue weighted by Gasteiger charge is -2.13. The summed E-state index contributed by atoms with van der Waals surface area (Å²) < 4.78 is 14.8. The van der Waals surface area contributed by atoms with E-state index in [1.165, 1.54) is 0 Å². The molecule has 0 bridgehead atoms. The fourth-order valence-corrected chi connectivity index (χ4v) is 2.43. The van der Waals surface area contributed by atoms with Gasteiger partial charge in [-0.3, -0.25) is 0 Å². The zero-order chi connectivity index (χ0) is 13.8. The van der Waals surface area contributed by atoms with Gasteiger partial charge >= 0.3 is 0 Å². The third kappa shape index (κ3) is 3.23. The summed E-state index contributed by atoms with van der Waals surface area (Å²) in [6, 6.07) is 11.6. The Labute approximate surface area is 122 Å². The van der Waals surface area contributed by atoms with Gasteiger partial charge in [-0.25, -0.2) is 4.39 Å². The van der Waals surface area contributed by atoms with Gasteiger partial charge in [0, 0.05) is 12.1 Å². The molecule has 1 nitrogen and oxygen atoms in total. The molecule has 0 atom stereocenters. The van der Waals surface area contributed by atoms with E-state index in [0.717, 1.165) is 29.8 Å². The first-order chi connectivity index (χ1) is 9.13. The SMILES string of the molecule is CCNCc1ccc(C)cc1-c1cccc(Br)c1F. The van der Waals surface area contributed by atoms with E-state index in [9.17, 15) is 4.39 Å². The van der Waals surface area contributed by atoms with E-state index >= 15 is 0 Å². The van der Waals surface area contributed by atoms with Crippen LogP contribution in [0.15, 0.2) is 40.9 Å². The maximum Gasteiger partial charge on any atom is 0.145 e. The van der Waals surface area contributed by atoms with E-state index in [1.807, 2.05) is 25.1 Å². The molecule has 2 aromatic carbocycles. The van der Waals surface area contributed by atoms with Gasteiger partial charge in [-0.05, 0) is 46.6 Å². The Kier molecular flexibility index (Phi) is 4.72. The lowest BCUT2D eigenvalue weighted by molar-refractivity contribution is 0.624. The Morgan fingerprint density at radius 3 is 2.68 bits per heavy atom. The van der Waals surface area contributed by atoms with Crippen LogP contribution in [-0.4, -0.2) is 6.54 Å². The molecule has 0 aliphatic carbocycles. The minimum absolute atomic E-state index is 0.203. The number of rotatable bonds is 4. The highest BCUT2D eigenvalue weighted by molar-refractivity contribution is 9.10. The van der Waals surface area contributed by atoms with Gasteiger partial charge in [0.05, 0.1) is 4.47 Å². The second kappa shape index (κ2) is 6.31. The van der Waals surface area contributed by atoms with E-state index in [0.29, 0.717) is 10.0 Å². The number of benzene rings is 2. The first-order valence-electron chi connectivity index (χ1n) is 6.38. The maximum atomic E-state index is 14.3. The Hall–Kier alpha value is -1.19. The number of halogens is 2. The third-order valence-corrected chi connectivity index (χ3v) is 3.69. The van der Waals surface area contributed by atoms with Crippen molar-refractivity contribution in [2.45, 2.75) is 20.4 Å². The molecule has 1 N–H and O–H groups in total. The highest BCUT2D eigenvalue weighted by Gasteiger charge is 2.12. The number of nitrogens with one attached hydrogen (secondary N) is 1. The van der Waals surface area contributed by atoms with Gasteiger partial charge in [0.25, 0.3) is 0 Å². The molecule has 0 aliphatic heterocycles. The van der Waals surface area contributed by atoms with Crippen molar-refractivity contribution < 1.29 is 4.39 Å². The standard InChI is InChI=1S/C16H17BrFN/c1-3-19-10-12-8-7-11(2)9-14(12)13-5-4-6-15(17)16(13)18/h4-9,19H,3,10H2,1-2H3. The van der Waals surface area contributed by atoms with E-state index in [-0.39, 0.29) is 5.82 Å². The van der Waals surface area contributed by atoms with Crippen LogP contribution in [0.1, 0.15) is 18.1 Å². The summed E-state index contributed by atoms with van der Waals surface area (Å²) in [4.78, 5) is 0. The highest BCUT2D eigenvalue weighted by Crippen LogP contribution is 2.31. The van der Waals surface area contributed by atoms with Crippen molar-refractivity contribution in [3.05, 3.63) is 57.8 Å². The van der Waals surface area contributed by atoms with Gasteiger partial charge in [0.1, 0.15) is 5.82 Å². The van der Waals surface area contributed by atoms with Crippen molar-refractivity contribution in [1.29, 1.82) is 0 Å². The van der Waals surface area contributed by atoms with Crippen LogP contribution in [-0.2, 0) is 6.54 Å². The predicted octanol–water partition coefficient (Wildman–Crippen LogP) is 4.67. The Bertz CT molecular complexity index is 581. The van der Waals surface area contributed by atoms with Crippen LogP contribution in [0.2, 0.25) is 0 Å². The van der Waals surface area contributed by atoms with Gasteiger partial charge in [-0.15, -0.1) is 0 Å². The average molecular weight is 322 g/mol. The summed E-state index contributed by atoms with van der Waals surface area (Å²) in [6.45, 7) is 5.73. The van der Waals surface area contributed by atoms with Crippen molar-refractivity contribution in [3.63, 3.8) is 0 Å². The molecule has 0 saturated heterocycles. The Morgan fingerprint density at radius 2 is 1.95 bits per heavy atom. The Balaban J connectivity index is 2.53. The van der Waals surface area contributed by atoms with Crippen LogP contribution in [0.3, 0.4) is 0 Å². The minimum atomic E-state index is -0.203. The number of hydrogen-bond donors (Lipinski definition) is 1. The summed E-state index contributed by atoms with van der Waals surface area (Å²) in [5.74, 6) is -0.203. The number of aryl methyl sites for hydroxylation is 1. The Morgan fingerprint density at radius 1 is 1.16 bits per heavy atom. The largest absolute Gasteiger partial charge is 0.313 e. The zero-order valence-electron chi connectivity index (χ0n) is 11.1. The topological polar surface area (TPSA) is 12.0 Å². The molecule has 0 saturated carbocycles. The molecular weight excluding hydrogens is 305 g/mol. The van der Waals surface area contributed by atoms with E-state index < -0.39 is 0 Å². The molecule has 19 heavy (non-hydrogen) atoms. The minimum Gasteiger partial charge on any atom is -0.313 e. The third-order valence-electron chi connectivity index (χ3n) is 3.07. The van der Waals surface area contributed by atoms with E-state index in [4.69, 9.17) is 0 Å². The molecular formula is C16H17BrFN. The summed E-state index contributed by atoms with van der Waals surface area (Å²) in [7, 11) is 0. The van der Waals surface area contributed by atoms with Gasteiger partial charge < -0.3 is 5.32 Å². The maximum absolute atomic E-state index is 14.3. The van der Waals surface area contributed by atoms with Gasteiger partial charge in [-0.2, -0.15) is 0 Å². The molecule has 0 fully saturated rings. The van der Waals surface area contributed by atoms with Gasteiger partial charge in [0.15, 0.2) is 0 Å². The van der Waals surface area contributed by atoms with Crippen LogP contribution in [0.25, 0.3) is 11.1 Å². The van der Waals surface area contributed by atoms with Gasteiger partial charge in [-0.1, -0.05) is 42.8 Å². The first kappa shape index (κ1) is 14.2. The monoisotopic (exact) mass is 321 g/mol. The second-order valence-electron chi connectivity index (χ2n) is 4.54. The second-order valence-corrected chi connectivity index (χ2v) is 5.40. The van der Waals surface area contributed by atoms with Crippen LogP contribution in [0.4, 0.5) is 4.39 Å². The van der Waals surface area contributed by atoms with Crippen molar-refractivity contribution in [1.82, 2.24) is 5.32 Å². The summed E-state index contributed by atoms with van der Waals surface area (Å²) in [5.41, 5.74) is 3.85. The quantitative estimate of drug-likeness (QED) is 0.862. The predicted molar refractivity (Wildman–Crippen MR) is 81.7 cm³/mol. The van der Waals surface area contributed by atoms with Crippen LogP contribution in [0, 0.1) is 12.7 Å². The molecule has 0 aromatic heterocycles. The summed E-state index contributed by atoms with van der Waals surface area (Å²) in [6.07, 6.45) is 0. The molecule has 100 valence electrons. The smallest absolute Gasteiger partial charge is 0.145 e. The molecule has 0 radical (unpaired) electrons. The van der Waals surface area contributed by atoms with Crippen molar-refractivity contribution in [3.8, 4) is 11.1 Å². The van der Waals surface area contributed by atoms with Crippen LogP contribution in [0.5, 0.6) is 0 Å². The summed E-state index contributed by atoms with van der Waals surface area (Å²) in [5, 5.41) is 3.29. The molecule has 0 spiro atoms. The summed E-state index contributed by atoms with van der Waals surface area (Å²) >= 11 is 3.25. The molecule has 0 heterocycles. The molecule has 0 amide bonds. The van der Waals surface area contributed by atoms with Crippen LogP contribution >= 0.6 is 15.9 Å². The molecule has 0 aliphatic rings. The highest BCUT2D eigenvalue weighted by atomic mass is 79.9.